The zero-order valence-electron chi connectivity index (χ0n) is 15.2. The lowest BCUT2D eigenvalue weighted by atomic mass is 9.76. The first-order valence-corrected chi connectivity index (χ1v) is 8.88. The van der Waals surface area contributed by atoms with Crippen LogP contribution in [0.5, 0.6) is 0 Å². The molecule has 0 unspecified atom stereocenters. The van der Waals surface area contributed by atoms with Crippen LogP contribution in [0.3, 0.4) is 0 Å². The van der Waals surface area contributed by atoms with Gasteiger partial charge >= 0.3 is 5.69 Å². The standard InChI is InChI=1S/C20H20N4O3/c1-23-17-15(19(26)24(2)20(23)27)8-9-16(22-17)18(25)21-14-10-13(11-14)12-6-4-3-5-7-12/h3-9,13-14H,10-11H2,1-2H3,(H,21,25). The van der Waals surface area contributed by atoms with Crippen molar-refractivity contribution < 1.29 is 4.79 Å². The Hall–Kier alpha value is -3.22. The van der Waals surface area contributed by atoms with Crippen molar-refractivity contribution in [1.29, 1.82) is 0 Å². The number of carbonyl (C=O) groups is 1. The summed E-state index contributed by atoms with van der Waals surface area (Å²) in [7, 11) is 2.96. The molecule has 1 aromatic carbocycles. The van der Waals surface area contributed by atoms with Crippen molar-refractivity contribution in [3.63, 3.8) is 0 Å². The molecular weight excluding hydrogens is 344 g/mol. The van der Waals surface area contributed by atoms with E-state index in [1.807, 2.05) is 18.2 Å². The van der Waals surface area contributed by atoms with Crippen molar-refractivity contribution in [1.82, 2.24) is 19.4 Å². The Morgan fingerprint density at radius 3 is 2.44 bits per heavy atom. The van der Waals surface area contributed by atoms with Crippen molar-refractivity contribution in [2.24, 2.45) is 14.1 Å². The molecule has 138 valence electrons. The number of rotatable bonds is 3. The molecule has 0 aliphatic heterocycles. The van der Waals surface area contributed by atoms with Crippen LogP contribution in [0.4, 0.5) is 0 Å². The van der Waals surface area contributed by atoms with E-state index in [0.717, 1.165) is 17.4 Å². The summed E-state index contributed by atoms with van der Waals surface area (Å²) in [6, 6.07) is 13.4. The molecule has 27 heavy (non-hydrogen) atoms. The van der Waals surface area contributed by atoms with Gasteiger partial charge in [0.25, 0.3) is 11.5 Å². The molecular formula is C20H20N4O3. The van der Waals surface area contributed by atoms with E-state index in [0.29, 0.717) is 11.3 Å². The Balaban J connectivity index is 1.52. The van der Waals surface area contributed by atoms with Gasteiger partial charge in [-0.3, -0.25) is 18.7 Å². The van der Waals surface area contributed by atoms with Crippen LogP contribution in [0, 0.1) is 0 Å². The summed E-state index contributed by atoms with van der Waals surface area (Å²) in [5.74, 6) is 0.173. The number of pyridine rings is 1. The second-order valence-electron chi connectivity index (χ2n) is 7.02. The second-order valence-corrected chi connectivity index (χ2v) is 7.02. The summed E-state index contributed by atoms with van der Waals surface area (Å²) in [4.78, 5) is 41.1. The molecule has 7 heteroatoms. The molecule has 0 radical (unpaired) electrons. The van der Waals surface area contributed by atoms with Gasteiger partial charge in [-0.1, -0.05) is 30.3 Å². The predicted molar refractivity (Wildman–Crippen MR) is 102 cm³/mol. The molecule has 3 aromatic rings. The van der Waals surface area contributed by atoms with Crippen molar-refractivity contribution in [3.05, 3.63) is 74.6 Å². The minimum atomic E-state index is -0.470. The molecule has 1 aliphatic carbocycles. The van der Waals surface area contributed by atoms with E-state index in [4.69, 9.17) is 0 Å². The first-order valence-electron chi connectivity index (χ1n) is 8.88. The lowest BCUT2D eigenvalue weighted by Gasteiger charge is -2.36. The zero-order chi connectivity index (χ0) is 19.1. The highest BCUT2D eigenvalue weighted by Crippen LogP contribution is 2.36. The van der Waals surface area contributed by atoms with E-state index in [-0.39, 0.29) is 23.3 Å². The van der Waals surface area contributed by atoms with Crippen molar-refractivity contribution in [2.75, 3.05) is 0 Å². The van der Waals surface area contributed by atoms with Crippen LogP contribution in [0.2, 0.25) is 0 Å². The number of benzene rings is 1. The van der Waals surface area contributed by atoms with Crippen LogP contribution >= 0.6 is 0 Å². The van der Waals surface area contributed by atoms with Gasteiger partial charge in [0.1, 0.15) is 11.3 Å². The van der Waals surface area contributed by atoms with Crippen molar-refractivity contribution in [3.8, 4) is 0 Å². The maximum absolute atomic E-state index is 12.5. The number of carbonyl (C=O) groups excluding carboxylic acids is 1. The molecule has 0 bridgehead atoms. The van der Waals surface area contributed by atoms with Crippen LogP contribution < -0.4 is 16.6 Å². The third-order valence-electron chi connectivity index (χ3n) is 5.28. The third kappa shape index (κ3) is 2.95. The quantitative estimate of drug-likeness (QED) is 0.759. The monoisotopic (exact) mass is 364 g/mol. The van der Waals surface area contributed by atoms with Crippen molar-refractivity contribution in [2.45, 2.75) is 24.8 Å². The molecule has 0 saturated heterocycles. The number of nitrogens with zero attached hydrogens (tertiary/aromatic N) is 3. The minimum absolute atomic E-state index is 0.104. The molecule has 0 atom stereocenters. The molecule has 4 rings (SSSR count). The number of nitrogens with one attached hydrogen (secondary N) is 1. The van der Waals surface area contributed by atoms with E-state index in [1.54, 1.807) is 6.07 Å². The molecule has 1 amide bonds. The highest BCUT2D eigenvalue weighted by Gasteiger charge is 2.31. The van der Waals surface area contributed by atoms with E-state index in [9.17, 15) is 14.4 Å². The Labute approximate surface area is 155 Å². The van der Waals surface area contributed by atoms with Crippen LogP contribution in [-0.4, -0.2) is 26.1 Å². The second kappa shape index (κ2) is 6.50. The van der Waals surface area contributed by atoms with Crippen LogP contribution in [0.1, 0.15) is 34.8 Å². The number of aromatic nitrogens is 3. The number of amides is 1. The minimum Gasteiger partial charge on any atom is -0.348 e. The Kier molecular flexibility index (Phi) is 4.14. The largest absolute Gasteiger partial charge is 0.348 e. The van der Waals surface area contributed by atoms with Gasteiger partial charge in [0.05, 0.1) is 5.39 Å². The summed E-state index contributed by atoms with van der Waals surface area (Å²) in [5, 5.41) is 3.29. The average molecular weight is 364 g/mol. The van der Waals surface area contributed by atoms with Gasteiger partial charge in [-0.2, -0.15) is 0 Å². The Morgan fingerprint density at radius 2 is 1.74 bits per heavy atom. The zero-order valence-corrected chi connectivity index (χ0v) is 15.2. The Bertz CT molecular complexity index is 1140. The van der Waals surface area contributed by atoms with Gasteiger partial charge < -0.3 is 5.32 Å². The maximum atomic E-state index is 12.5. The first kappa shape index (κ1) is 17.2. The van der Waals surface area contributed by atoms with Gasteiger partial charge in [-0.25, -0.2) is 9.78 Å². The molecule has 2 aromatic heterocycles. The smallest absolute Gasteiger partial charge is 0.332 e. The predicted octanol–water partition coefficient (Wildman–Crippen LogP) is 1.31. The van der Waals surface area contributed by atoms with Gasteiger partial charge in [-0.15, -0.1) is 0 Å². The summed E-state index contributed by atoms with van der Waals surface area (Å²) >= 11 is 0. The summed E-state index contributed by atoms with van der Waals surface area (Å²) in [6.45, 7) is 0. The lowest BCUT2D eigenvalue weighted by molar-refractivity contribution is 0.0904. The van der Waals surface area contributed by atoms with E-state index >= 15 is 0 Å². The fourth-order valence-corrected chi connectivity index (χ4v) is 3.57. The lowest BCUT2D eigenvalue weighted by Crippen LogP contribution is -2.43. The van der Waals surface area contributed by atoms with Gasteiger partial charge in [0.2, 0.25) is 0 Å². The molecule has 1 fully saturated rings. The van der Waals surface area contributed by atoms with Gasteiger partial charge in [0, 0.05) is 20.1 Å². The van der Waals surface area contributed by atoms with E-state index in [2.05, 4.69) is 22.4 Å². The number of hydrogen-bond acceptors (Lipinski definition) is 4. The van der Waals surface area contributed by atoms with E-state index in [1.165, 1.54) is 30.3 Å². The molecule has 2 heterocycles. The van der Waals surface area contributed by atoms with Crippen molar-refractivity contribution >= 4 is 16.9 Å². The topological polar surface area (TPSA) is 86.0 Å². The van der Waals surface area contributed by atoms with Crippen LogP contribution in [0.25, 0.3) is 11.0 Å². The van der Waals surface area contributed by atoms with E-state index < -0.39 is 11.2 Å². The maximum Gasteiger partial charge on any atom is 0.332 e. The summed E-state index contributed by atoms with van der Waals surface area (Å²) < 4.78 is 2.31. The molecule has 1 saturated carbocycles. The molecule has 7 nitrogen and oxygen atoms in total. The molecule has 1 aliphatic rings. The molecule has 1 N–H and O–H groups in total. The normalized spacial score (nSPS) is 18.9. The summed E-state index contributed by atoms with van der Waals surface area (Å²) in [5.41, 5.74) is 0.817. The fourth-order valence-electron chi connectivity index (χ4n) is 3.57. The highest BCUT2D eigenvalue weighted by atomic mass is 16.2. The number of fused-ring (bicyclic) bond motifs is 1. The first-order chi connectivity index (χ1) is 13.0. The van der Waals surface area contributed by atoms with Crippen LogP contribution in [0.15, 0.2) is 52.1 Å². The Morgan fingerprint density at radius 1 is 1.04 bits per heavy atom. The average Bonchev–Trinajstić information content (AvgIpc) is 2.67. The van der Waals surface area contributed by atoms with Gasteiger partial charge in [-0.05, 0) is 36.5 Å². The third-order valence-corrected chi connectivity index (χ3v) is 5.28. The SMILES string of the molecule is Cn1c(=O)c2ccc(C(=O)NC3CC(c4ccccc4)C3)nc2n(C)c1=O. The van der Waals surface area contributed by atoms with Gasteiger partial charge in [0.15, 0.2) is 0 Å². The number of aryl methyl sites for hydroxylation is 1. The van der Waals surface area contributed by atoms with Crippen LogP contribution in [-0.2, 0) is 14.1 Å². The summed E-state index contributed by atoms with van der Waals surface area (Å²) in [6.07, 6.45) is 1.78. The number of hydrogen-bond donors (Lipinski definition) is 1. The molecule has 0 spiro atoms. The fraction of sp³-hybridized carbons (Fsp3) is 0.300. The highest BCUT2D eigenvalue weighted by molar-refractivity contribution is 5.94.